The van der Waals surface area contributed by atoms with Crippen LogP contribution >= 0.6 is 23.2 Å². The molecule has 0 amide bonds. The molecule has 0 saturated carbocycles. The molecule has 0 saturated heterocycles. The van der Waals surface area contributed by atoms with Crippen LogP contribution in [0.25, 0.3) is 0 Å². The van der Waals surface area contributed by atoms with E-state index >= 15 is 0 Å². The van der Waals surface area contributed by atoms with Gasteiger partial charge in [-0.15, -0.1) is 0 Å². The molecule has 112 valence electrons. The van der Waals surface area contributed by atoms with Crippen molar-refractivity contribution in [1.82, 2.24) is 0 Å². The van der Waals surface area contributed by atoms with Crippen LogP contribution in [0.1, 0.15) is 5.56 Å². The van der Waals surface area contributed by atoms with Crippen molar-refractivity contribution in [2.24, 2.45) is 0 Å². The Hall–Kier alpha value is -2.42. The normalized spacial score (nSPS) is 9.86. The van der Waals surface area contributed by atoms with Gasteiger partial charge in [-0.05, 0) is 30.3 Å². The van der Waals surface area contributed by atoms with E-state index in [2.05, 4.69) is 0 Å². The lowest BCUT2D eigenvalue weighted by atomic mass is 10.2. The number of benzene rings is 2. The fraction of sp³-hybridized carbons (Fsp3) is 0.0667. The van der Waals surface area contributed by atoms with Gasteiger partial charge in [-0.3, -0.25) is 0 Å². The Kier molecular flexibility index (Phi) is 5.10. The molecule has 0 aliphatic heterocycles. The average molecular weight is 338 g/mol. The van der Waals surface area contributed by atoms with E-state index < -0.39 is 12.6 Å². The number of ether oxygens (including phenoxy) is 2. The first-order chi connectivity index (χ1) is 10.5. The molecule has 0 aliphatic carbocycles. The first-order valence-corrected chi connectivity index (χ1v) is 6.76. The zero-order chi connectivity index (χ0) is 16.1. The molecule has 0 heterocycles. The minimum atomic E-state index is -1.12. The van der Waals surface area contributed by atoms with Gasteiger partial charge in [0.25, 0.3) is 0 Å². The zero-order valence-electron chi connectivity index (χ0n) is 11.0. The summed E-state index contributed by atoms with van der Waals surface area (Å²) in [5, 5.41) is 18.3. The highest BCUT2D eigenvalue weighted by atomic mass is 35.5. The molecule has 0 aromatic heterocycles. The third-order valence-electron chi connectivity index (χ3n) is 2.49. The van der Waals surface area contributed by atoms with Gasteiger partial charge in [-0.25, -0.2) is 4.79 Å². The van der Waals surface area contributed by atoms with Crippen molar-refractivity contribution < 1.29 is 19.4 Å². The quantitative estimate of drug-likeness (QED) is 0.887. The van der Waals surface area contributed by atoms with Crippen molar-refractivity contribution >= 4 is 29.2 Å². The van der Waals surface area contributed by atoms with Crippen molar-refractivity contribution in [2.75, 3.05) is 6.61 Å². The first kappa shape index (κ1) is 16.0. The molecule has 0 unspecified atom stereocenters. The van der Waals surface area contributed by atoms with Crippen LogP contribution in [0.2, 0.25) is 10.0 Å². The second-order valence-electron chi connectivity index (χ2n) is 4.16. The number of nitriles is 1. The maximum Gasteiger partial charge on any atom is 0.341 e. The summed E-state index contributed by atoms with van der Waals surface area (Å²) in [5.74, 6) is -0.368. The predicted octanol–water partition coefficient (Wildman–Crippen LogP) is 4.12. The second kappa shape index (κ2) is 7.03. The maximum absolute atomic E-state index is 10.6. The standard InChI is InChI=1S/C15H9Cl2NO4/c16-10-1-2-13(21-8-15(19)20)14(6-10)22-12-4-9(7-18)3-11(17)5-12/h1-6H,8H2,(H,19,20). The van der Waals surface area contributed by atoms with Crippen LogP contribution in [0.15, 0.2) is 36.4 Å². The number of carboxylic acids is 1. The fourth-order valence-electron chi connectivity index (χ4n) is 1.63. The largest absolute Gasteiger partial charge is 0.479 e. The summed E-state index contributed by atoms with van der Waals surface area (Å²) < 4.78 is 10.7. The van der Waals surface area contributed by atoms with E-state index in [0.29, 0.717) is 21.4 Å². The lowest BCUT2D eigenvalue weighted by Crippen LogP contribution is -2.09. The SMILES string of the molecule is N#Cc1cc(Cl)cc(Oc2cc(Cl)ccc2OCC(=O)O)c1. The number of rotatable bonds is 5. The van der Waals surface area contributed by atoms with E-state index in [0.717, 1.165) is 0 Å². The van der Waals surface area contributed by atoms with Gasteiger partial charge in [0.05, 0.1) is 11.6 Å². The molecule has 7 heteroatoms. The smallest absolute Gasteiger partial charge is 0.341 e. The number of carbonyl (C=O) groups is 1. The lowest BCUT2D eigenvalue weighted by Gasteiger charge is -2.12. The molecule has 0 spiro atoms. The van der Waals surface area contributed by atoms with E-state index in [9.17, 15) is 4.79 Å². The van der Waals surface area contributed by atoms with Crippen molar-refractivity contribution in [2.45, 2.75) is 0 Å². The van der Waals surface area contributed by atoms with Crippen molar-refractivity contribution in [3.8, 4) is 23.3 Å². The summed E-state index contributed by atoms with van der Waals surface area (Å²) in [7, 11) is 0. The highest BCUT2D eigenvalue weighted by Gasteiger charge is 2.10. The summed E-state index contributed by atoms with van der Waals surface area (Å²) in [6.45, 7) is -0.517. The number of hydrogen-bond donors (Lipinski definition) is 1. The highest BCUT2D eigenvalue weighted by molar-refractivity contribution is 6.31. The van der Waals surface area contributed by atoms with Gasteiger partial charge in [-0.1, -0.05) is 23.2 Å². The van der Waals surface area contributed by atoms with Crippen LogP contribution in [0, 0.1) is 11.3 Å². The topological polar surface area (TPSA) is 79.5 Å². The van der Waals surface area contributed by atoms with Gasteiger partial charge in [0.2, 0.25) is 0 Å². The Labute approximate surface area is 136 Å². The van der Waals surface area contributed by atoms with Gasteiger partial charge in [0, 0.05) is 16.1 Å². The summed E-state index contributed by atoms with van der Waals surface area (Å²) in [6.07, 6.45) is 0. The number of halogens is 2. The van der Waals surface area contributed by atoms with Crippen molar-refractivity contribution in [3.63, 3.8) is 0 Å². The summed E-state index contributed by atoms with van der Waals surface area (Å²) in [5.41, 5.74) is 0.331. The molecule has 0 atom stereocenters. The van der Waals surface area contributed by atoms with Crippen LogP contribution < -0.4 is 9.47 Å². The lowest BCUT2D eigenvalue weighted by molar-refractivity contribution is -0.139. The Morgan fingerprint density at radius 2 is 1.91 bits per heavy atom. The molecule has 5 nitrogen and oxygen atoms in total. The Bertz CT molecular complexity index is 756. The maximum atomic E-state index is 10.6. The van der Waals surface area contributed by atoms with E-state index in [-0.39, 0.29) is 11.5 Å². The number of nitrogens with zero attached hydrogens (tertiary/aromatic N) is 1. The minimum Gasteiger partial charge on any atom is -0.479 e. The fourth-order valence-corrected chi connectivity index (χ4v) is 2.02. The average Bonchev–Trinajstić information content (AvgIpc) is 2.45. The Morgan fingerprint density at radius 1 is 1.14 bits per heavy atom. The third-order valence-corrected chi connectivity index (χ3v) is 2.94. The molecule has 0 fully saturated rings. The molecular formula is C15H9Cl2NO4. The molecule has 0 bridgehead atoms. The molecule has 1 N–H and O–H groups in total. The first-order valence-electron chi connectivity index (χ1n) is 6.00. The van der Waals surface area contributed by atoms with Crippen LogP contribution in [0.4, 0.5) is 0 Å². The number of carboxylic acid groups (broad SMARTS) is 1. The van der Waals surface area contributed by atoms with Gasteiger partial charge in [0.15, 0.2) is 18.1 Å². The molecule has 2 aromatic carbocycles. The zero-order valence-corrected chi connectivity index (χ0v) is 12.6. The van der Waals surface area contributed by atoms with Crippen LogP contribution in [0.3, 0.4) is 0 Å². The van der Waals surface area contributed by atoms with E-state index in [1.54, 1.807) is 6.07 Å². The van der Waals surface area contributed by atoms with E-state index in [1.807, 2.05) is 6.07 Å². The van der Waals surface area contributed by atoms with Gasteiger partial charge < -0.3 is 14.6 Å². The predicted molar refractivity (Wildman–Crippen MR) is 80.8 cm³/mol. The minimum absolute atomic E-state index is 0.213. The Balaban J connectivity index is 2.32. The second-order valence-corrected chi connectivity index (χ2v) is 5.04. The number of hydrogen-bond acceptors (Lipinski definition) is 4. The number of aliphatic carboxylic acids is 1. The molecular weight excluding hydrogens is 329 g/mol. The molecule has 0 radical (unpaired) electrons. The van der Waals surface area contributed by atoms with Crippen molar-refractivity contribution in [3.05, 3.63) is 52.0 Å². The van der Waals surface area contributed by atoms with Gasteiger partial charge in [-0.2, -0.15) is 5.26 Å². The van der Waals surface area contributed by atoms with Gasteiger partial charge >= 0.3 is 5.97 Å². The van der Waals surface area contributed by atoms with E-state index in [1.165, 1.54) is 30.3 Å². The monoisotopic (exact) mass is 337 g/mol. The molecule has 22 heavy (non-hydrogen) atoms. The molecule has 2 rings (SSSR count). The molecule has 0 aliphatic rings. The highest BCUT2D eigenvalue weighted by Crippen LogP contribution is 2.35. The van der Waals surface area contributed by atoms with E-state index in [4.69, 9.17) is 43.0 Å². The van der Waals surface area contributed by atoms with Crippen LogP contribution in [-0.2, 0) is 4.79 Å². The summed E-state index contributed by atoms with van der Waals surface area (Å²) >= 11 is 11.8. The van der Waals surface area contributed by atoms with Gasteiger partial charge in [0.1, 0.15) is 5.75 Å². The third kappa shape index (κ3) is 4.29. The van der Waals surface area contributed by atoms with Crippen molar-refractivity contribution in [1.29, 1.82) is 5.26 Å². The Morgan fingerprint density at radius 3 is 2.59 bits per heavy atom. The van der Waals surface area contributed by atoms with Crippen LogP contribution in [0.5, 0.6) is 17.2 Å². The summed E-state index contributed by atoms with van der Waals surface area (Å²) in [6, 6.07) is 11.0. The summed E-state index contributed by atoms with van der Waals surface area (Å²) in [4.78, 5) is 10.6. The molecule has 2 aromatic rings. The van der Waals surface area contributed by atoms with Crippen LogP contribution in [-0.4, -0.2) is 17.7 Å².